The number of carbonyl (C=O) groups is 1. The summed E-state index contributed by atoms with van der Waals surface area (Å²) < 4.78 is 1.98. The largest absolute Gasteiger partial charge is 0.508 e. The van der Waals surface area contributed by atoms with E-state index in [0.717, 1.165) is 48.2 Å². The van der Waals surface area contributed by atoms with Crippen molar-refractivity contribution in [2.45, 2.75) is 38.9 Å². The summed E-state index contributed by atoms with van der Waals surface area (Å²) in [6.07, 6.45) is 6.17. The van der Waals surface area contributed by atoms with Crippen LogP contribution < -0.4 is 5.32 Å². The summed E-state index contributed by atoms with van der Waals surface area (Å²) in [5, 5.41) is 17.7. The minimum Gasteiger partial charge on any atom is -0.508 e. The molecule has 5 rings (SSSR count). The third kappa shape index (κ3) is 5.80. The van der Waals surface area contributed by atoms with Crippen molar-refractivity contribution in [3.05, 3.63) is 113 Å². The molecule has 0 radical (unpaired) electrons. The van der Waals surface area contributed by atoms with E-state index in [-0.39, 0.29) is 11.7 Å². The summed E-state index contributed by atoms with van der Waals surface area (Å²) in [6, 6.07) is 21.6. The molecule has 2 N–H and O–H groups in total. The highest BCUT2D eigenvalue weighted by atomic mass is 16.3. The molecule has 0 saturated heterocycles. The number of amides is 1. The third-order valence-electron chi connectivity index (χ3n) is 6.60. The average molecular weight is 482 g/mol. The fraction of sp³-hybridized carbons (Fsp3) is 0.276. The summed E-state index contributed by atoms with van der Waals surface area (Å²) in [4.78, 5) is 19.7. The van der Waals surface area contributed by atoms with Gasteiger partial charge in [-0.05, 0) is 53.8 Å². The Bertz CT molecular complexity index is 1300. The Morgan fingerprint density at radius 3 is 2.56 bits per heavy atom. The van der Waals surface area contributed by atoms with Crippen molar-refractivity contribution in [2.75, 3.05) is 13.1 Å². The number of nitrogens with zero attached hydrogens (tertiary/aromatic N) is 4. The van der Waals surface area contributed by atoms with Gasteiger partial charge in [0, 0.05) is 56.3 Å². The molecule has 2 aromatic heterocycles. The highest BCUT2D eigenvalue weighted by molar-refractivity contribution is 5.94. The topological polar surface area (TPSA) is 83.3 Å². The molecule has 7 heteroatoms. The second kappa shape index (κ2) is 11.2. The number of hydrogen-bond acceptors (Lipinski definition) is 5. The number of aryl methyl sites for hydroxylation is 1. The molecule has 0 spiro atoms. The van der Waals surface area contributed by atoms with E-state index in [0.29, 0.717) is 31.9 Å². The maximum absolute atomic E-state index is 13.3. The second-order valence-electron chi connectivity index (χ2n) is 9.26. The number of phenolic OH excluding ortho intramolecular Hbond substituents is 1. The molecule has 7 nitrogen and oxygen atoms in total. The van der Waals surface area contributed by atoms with E-state index >= 15 is 0 Å². The Balaban J connectivity index is 1.31. The number of nitrogens with one attached hydrogen (secondary N) is 1. The van der Waals surface area contributed by atoms with Crippen LogP contribution in [0.2, 0.25) is 0 Å². The van der Waals surface area contributed by atoms with Crippen LogP contribution in [0.25, 0.3) is 0 Å². The Morgan fingerprint density at radius 2 is 1.75 bits per heavy atom. The molecule has 0 unspecified atom stereocenters. The number of aromatic nitrogens is 3. The number of carbonyl (C=O) groups excluding carboxylic acids is 1. The Hall–Kier alpha value is -3.97. The Kier molecular flexibility index (Phi) is 7.38. The second-order valence-corrected chi connectivity index (χ2v) is 9.26. The van der Waals surface area contributed by atoms with Gasteiger partial charge in [-0.3, -0.25) is 19.4 Å². The average Bonchev–Trinajstić information content (AvgIpc) is 3.25. The molecule has 4 aromatic rings. The first kappa shape index (κ1) is 23.8. The molecule has 0 bridgehead atoms. The maximum Gasteiger partial charge on any atom is 0.272 e. The zero-order valence-electron chi connectivity index (χ0n) is 20.3. The number of fused-ring (bicyclic) bond motifs is 1. The predicted molar refractivity (Wildman–Crippen MR) is 139 cm³/mol. The fourth-order valence-electron chi connectivity index (χ4n) is 4.79. The zero-order valence-corrected chi connectivity index (χ0v) is 20.3. The fourth-order valence-corrected chi connectivity index (χ4v) is 4.79. The van der Waals surface area contributed by atoms with Crippen molar-refractivity contribution in [2.24, 2.45) is 0 Å². The van der Waals surface area contributed by atoms with Crippen molar-refractivity contribution in [3.8, 4) is 5.75 Å². The molecular formula is C29H31N5O2. The molecular weight excluding hydrogens is 450 g/mol. The van der Waals surface area contributed by atoms with Gasteiger partial charge in [-0.25, -0.2) is 0 Å². The summed E-state index contributed by atoms with van der Waals surface area (Å²) in [5.41, 5.74) is 6.05. The highest BCUT2D eigenvalue weighted by Crippen LogP contribution is 2.25. The number of benzene rings is 2. The predicted octanol–water partition coefficient (Wildman–Crippen LogP) is 3.95. The van der Waals surface area contributed by atoms with Crippen LogP contribution in [-0.2, 0) is 32.5 Å². The summed E-state index contributed by atoms with van der Waals surface area (Å²) in [5.74, 6) is 0.151. The van der Waals surface area contributed by atoms with Gasteiger partial charge in [-0.2, -0.15) is 5.10 Å². The lowest BCUT2D eigenvalue weighted by molar-refractivity contribution is 0.0945. The first-order valence-electron chi connectivity index (χ1n) is 12.5. The molecule has 0 aliphatic carbocycles. The Labute approximate surface area is 211 Å². The van der Waals surface area contributed by atoms with Gasteiger partial charge in [-0.15, -0.1) is 0 Å². The van der Waals surface area contributed by atoms with Gasteiger partial charge in [0.15, 0.2) is 5.69 Å². The van der Waals surface area contributed by atoms with Crippen LogP contribution in [0.15, 0.2) is 79.1 Å². The number of rotatable bonds is 9. The minimum atomic E-state index is -0.119. The highest BCUT2D eigenvalue weighted by Gasteiger charge is 2.28. The molecule has 0 fully saturated rings. The number of aromatic hydroxyl groups is 1. The first-order valence-corrected chi connectivity index (χ1v) is 12.5. The monoisotopic (exact) mass is 481 g/mol. The number of phenols is 1. The third-order valence-corrected chi connectivity index (χ3v) is 6.60. The van der Waals surface area contributed by atoms with Crippen molar-refractivity contribution >= 4 is 5.91 Å². The van der Waals surface area contributed by atoms with Gasteiger partial charge in [0.05, 0.1) is 6.54 Å². The van der Waals surface area contributed by atoms with Crippen molar-refractivity contribution in [1.82, 2.24) is 25.0 Å². The molecule has 0 atom stereocenters. The lowest BCUT2D eigenvalue weighted by atomic mass is 10.0. The number of pyridine rings is 1. The van der Waals surface area contributed by atoms with Gasteiger partial charge >= 0.3 is 0 Å². The Morgan fingerprint density at radius 1 is 0.944 bits per heavy atom. The van der Waals surface area contributed by atoms with E-state index in [9.17, 15) is 9.90 Å². The molecule has 1 aliphatic rings. The van der Waals surface area contributed by atoms with Crippen LogP contribution >= 0.6 is 0 Å². The van der Waals surface area contributed by atoms with Gasteiger partial charge in [0.25, 0.3) is 5.91 Å². The molecule has 36 heavy (non-hydrogen) atoms. The minimum absolute atomic E-state index is 0.119. The lowest BCUT2D eigenvalue weighted by Crippen LogP contribution is -2.32. The molecule has 0 saturated carbocycles. The van der Waals surface area contributed by atoms with E-state index in [1.54, 1.807) is 24.5 Å². The van der Waals surface area contributed by atoms with Gasteiger partial charge < -0.3 is 10.4 Å². The van der Waals surface area contributed by atoms with E-state index < -0.39 is 0 Å². The lowest BCUT2D eigenvalue weighted by Gasteiger charge is -2.27. The normalized spacial score (nSPS) is 13.3. The van der Waals surface area contributed by atoms with E-state index in [1.807, 2.05) is 47.1 Å². The first-order chi connectivity index (χ1) is 17.7. The van der Waals surface area contributed by atoms with Crippen LogP contribution in [0.4, 0.5) is 0 Å². The van der Waals surface area contributed by atoms with Crippen molar-refractivity contribution in [3.63, 3.8) is 0 Å². The van der Waals surface area contributed by atoms with E-state index in [2.05, 4.69) is 27.3 Å². The van der Waals surface area contributed by atoms with E-state index in [1.165, 1.54) is 5.56 Å². The van der Waals surface area contributed by atoms with Crippen LogP contribution in [0.1, 0.15) is 44.9 Å². The summed E-state index contributed by atoms with van der Waals surface area (Å²) in [7, 11) is 0. The van der Waals surface area contributed by atoms with E-state index in [4.69, 9.17) is 5.10 Å². The van der Waals surface area contributed by atoms with Gasteiger partial charge in [0.1, 0.15) is 5.75 Å². The SMILES string of the molecule is O=C(NCCCc1ccccc1)c1nn(Cc2ccncc2)c2c1CN(Cc1cccc(O)c1)CC2. The molecule has 2 aromatic carbocycles. The molecule has 1 amide bonds. The zero-order chi connectivity index (χ0) is 24.7. The van der Waals surface area contributed by atoms with Crippen LogP contribution in [0.5, 0.6) is 5.75 Å². The number of hydrogen-bond donors (Lipinski definition) is 2. The standard InChI is InChI=1S/C29H31N5O2/c35-25-10-4-8-24(18-25)19-33-17-13-27-26(21-33)28(32-34(27)20-23-11-15-30-16-12-23)29(36)31-14-5-9-22-6-2-1-3-7-22/h1-4,6-8,10-12,15-16,18,35H,5,9,13-14,17,19-21H2,(H,31,36). The van der Waals surface area contributed by atoms with Crippen LogP contribution in [0.3, 0.4) is 0 Å². The van der Waals surface area contributed by atoms with Crippen LogP contribution in [-0.4, -0.2) is 43.8 Å². The smallest absolute Gasteiger partial charge is 0.272 e. The maximum atomic E-state index is 13.3. The quantitative estimate of drug-likeness (QED) is 0.354. The molecule has 184 valence electrons. The van der Waals surface area contributed by atoms with Gasteiger partial charge in [0.2, 0.25) is 0 Å². The van der Waals surface area contributed by atoms with Crippen LogP contribution in [0, 0.1) is 0 Å². The summed E-state index contributed by atoms with van der Waals surface area (Å²) >= 11 is 0. The summed E-state index contributed by atoms with van der Waals surface area (Å²) in [6.45, 7) is 3.43. The van der Waals surface area contributed by atoms with Crippen molar-refractivity contribution in [1.29, 1.82) is 0 Å². The molecule has 3 heterocycles. The molecule has 1 aliphatic heterocycles. The van der Waals surface area contributed by atoms with Gasteiger partial charge in [-0.1, -0.05) is 42.5 Å². The van der Waals surface area contributed by atoms with Crippen molar-refractivity contribution < 1.29 is 9.90 Å².